The molecule has 0 unspecified atom stereocenters. The number of pyridine rings is 1. The van der Waals surface area contributed by atoms with Crippen molar-refractivity contribution in [2.75, 3.05) is 0 Å². The Bertz CT molecular complexity index is 818. The highest BCUT2D eigenvalue weighted by Gasteiger charge is 2.43. The average molecular weight is 332 g/mol. The monoisotopic (exact) mass is 332 g/mol. The summed E-state index contributed by atoms with van der Waals surface area (Å²) in [7, 11) is 0. The van der Waals surface area contributed by atoms with E-state index >= 15 is 0 Å². The van der Waals surface area contributed by atoms with Crippen LogP contribution in [0.4, 0.5) is 0 Å². The second-order valence-electron chi connectivity index (χ2n) is 6.99. The highest BCUT2D eigenvalue weighted by molar-refractivity contribution is 5.92. The number of carbonyl (C=O) groups is 1. The highest BCUT2D eigenvalue weighted by atomic mass is 16.2. The fraction of sp³-hybridized carbons (Fsp3) is 0.400. The molecule has 2 aliphatic carbocycles. The lowest BCUT2D eigenvalue weighted by molar-refractivity contribution is 0.0875. The number of aromatic nitrogens is 3. The van der Waals surface area contributed by atoms with E-state index in [0.717, 1.165) is 25.2 Å². The molecule has 0 aliphatic heterocycles. The third-order valence-electron chi connectivity index (χ3n) is 5.22. The zero-order valence-corrected chi connectivity index (χ0v) is 14.0. The van der Waals surface area contributed by atoms with Crippen molar-refractivity contribution in [2.24, 2.45) is 5.92 Å². The standard InChI is InChI=1S/C20H20N4O/c25-19(24-20-9-3-4-15(12-20)8-10-20)18-14-22-17(13-23-18)7-6-16-5-1-2-11-21-16/h1-2,5,11,13-15H,3-4,8-10,12H2,(H,24,25)/t15-,20+/m0/s1. The van der Waals surface area contributed by atoms with Crippen LogP contribution in [0.2, 0.25) is 0 Å². The fourth-order valence-electron chi connectivity index (χ4n) is 4.00. The molecule has 2 aromatic heterocycles. The van der Waals surface area contributed by atoms with Gasteiger partial charge in [0, 0.05) is 11.7 Å². The van der Waals surface area contributed by atoms with E-state index in [4.69, 9.17) is 0 Å². The van der Waals surface area contributed by atoms with E-state index in [0.29, 0.717) is 17.1 Å². The van der Waals surface area contributed by atoms with Crippen LogP contribution in [0.15, 0.2) is 36.8 Å². The first-order valence-corrected chi connectivity index (χ1v) is 8.80. The molecule has 0 aromatic carbocycles. The van der Waals surface area contributed by atoms with Gasteiger partial charge in [0.2, 0.25) is 0 Å². The van der Waals surface area contributed by atoms with E-state index in [-0.39, 0.29) is 11.4 Å². The first kappa shape index (κ1) is 15.8. The van der Waals surface area contributed by atoms with Gasteiger partial charge in [-0.25, -0.2) is 15.0 Å². The van der Waals surface area contributed by atoms with E-state index in [1.54, 1.807) is 12.4 Å². The number of amides is 1. The Balaban J connectivity index is 1.43. The zero-order chi connectivity index (χ0) is 17.1. The average Bonchev–Trinajstić information content (AvgIpc) is 2.94. The molecule has 0 spiro atoms. The molecule has 4 rings (SSSR count). The Labute approximate surface area is 147 Å². The molecule has 25 heavy (non-hydrogen) atoms. The maximum Gasteiger partial charge on any atom is 0.271 e. The highest BCUT2D eigenvalue weighted by Crippen LogP contribution is 2.45. The molecule has 126 valence electrons. The van der Waals surface area contributed by atoms with Crippen LogP contribution in [0.3, 0.4) is 0 Å². The molecular formula is C20H20N4O. The summed E-state index contributed by atoms with van der Waals surface area (Å²) < 4.78 is 0. The van der Waals surface area contributed by atoms with Gasteiger partial charge in [0.25, 0.3) is 5.91 Å². The molecule has 1 amide bonds. The van der Waals surface area contributed by atoms with Gasteiger partial charge < -0.3 is 5.32 Å². The van der Waals surface area contributed by atoms with Crippen molar-refractivity contribution in [2.45, 2.75) is 44.1 Å². The van der Waals surface area contributed by atoms with Crippen LogP contribution in [0.25, 0.3) is 0 Å². The van der Waals surface area contributed by atoms with E-state index in [1.165, 1.54) is 25.5 Å². The van der Waals surface area contributed by atoms with Crippen molar-refractivity contribution in [3.8, 4) is 11.8 Å². The predicted molar refractivity (Wildman–Crippen MR) is 93.6 cm³/mol. The number of nitrogens with zero attached hydrogens (tertiary/aromatic N) is 3. The lowest BCUT2D eigenvalue weighted by atomic mass is 9.83. The van der Waals surface area contributed by atoms with Gasteiger partial charge in [0.1, 0.15) is 17.1 Å². The number of hydrogen-bond donors (Lipinski definition) is 1. The van der Waals surface area contributed by atoms with Crippen molar-refractivity contribution < 1.29 is 4.79 Å². The molecule has 2 aromatic rings. The van der Waals surface area contributed by atoms with Crippen molar-refractivity contribution >= 4 is 5.91 Å². The number of carbonyl (C=O) groups excluding carboxylic acids is 1. The molecule has 2 heterocycles. The largest absolute Gasteiger partial charge is 0.345 e. The van der Waals surface area contributed by atoms with Crippen LogP contribution >= 0.6 is 0 Å². The first-order chi connectivity index (χ1) is 12.2. The SMILES string of the molecule is O=C(N[C@]12CCC[C@@H](CC1)C2)c1cnc(C#Cc2ccccn2)cn1. The van der Waals surface area contributed by atoms with Crippen LogP contribution in [-0.2, 0) is 0 Å². The van der Waals surface area contributed by atoms with Gasteiger partial charge in [-0.15, -0.1) is 0 Å². The third-order valence-corrected chi connectivity index (χ3v) is 5.22. The number of hydrogen-bond acceptors (Lipinski definition) is 4. The third kappa shape index (κ3) is 3.53. The Morgan fingerprint density at radius 1 is 1.08 bits per heavy atom. The number of fused-ring (bicyclic) bond motifs is 2. The minimum absolute atomic E-state index is 0.0147. The van der Waals surface area contributed by atoms with E-state index in [2.05, 4.69) is 32.1 Å². The summed E-state index contributed by atoms with van der Waals surface area (Å²) in [5.74, 6) is 6.50. The molecule has 2 atom stereocenters. The summed E-state index contributed by atoms with van der Waals surface area (Å²) in [6.45, 7) is 0. The Kier molecular flexibility index (Phi) is 4.19. The summed E-state index contributed by atoms with van der Waals surface area (Å²) in [5, 5.41) is 3.23. The van der Waals surface area contributed by atoms with E-state index in [9.17, 15) is 4.79 Å². The van der Waals surface area contributed by atoms with Crippen LogP contribution in [-0.4, -0.2) is 26.4 Å². The van der Waals surface area contributed by atoms with Crippen LogP contribution in [0, 0.1) is 17.8 Å². The molecule has 0 saturated heterocycles. The Morgan fingerprint density at radius 2 is 2.00 bits per heavy atom. The van der Waals surface area contributed by atoms with Gasteiger partial charge in [0.15, 0.2) is 0 Å². The van der Waals surface area contributed by atoms with Gasteiger partial charge >= 0.3 is 0 Å². The summed E-state index contributed by atoms with van der Waals surface area (Å²) in [6, 6.07) is 5.56. The topological polar surface area (TPSA) is 67.8 Å². The molecule has 2 aliphatic rings. The normalized spacial score (nSPS) is 24.2. The molecule has 2 saturated carbocycles. The smallest absolute Gasteiger partial charge is 0.271 e. The summed E-state index contributed by atoms with van der Waals surface area (Å²) in [6.07, 6.45) is 11.8. The van der Waals surface area contributed by atoms with Gasteiger partial charge in [-0.1, -0.05) is 18.9 Å². The second kappa shape index (κ2) is 6.64. The quantitative estimate of drug-likeness (QED) is 0.859. The lowest BCUT2D eigenvalue weighted by Crippen LogP contribution is -2.48. The van der Waals surface area contributed by atoms with E-state index < -0.39 is 0 Å². The maximum absolute atomic E-state index is 12.5. The Morgan fingerprint density at radius 3 is 2.80 bits per heavy atom. The predicted octanol–water partition coefficient (Wildman–Crippen LogP) is 2.72. The van der Waals surface area contributed by atoms with Crippen molar-refractivity contribution in [3.05, 3.63) is 53.9 Å². The van der Waals surface area contributed by atoms with Crippen molar-refractivity contribution in [3.63, 3.8) is 0 Å². The first-order valence-electron chi connectivity index (χ1n) is 8.80. The van der Waals surface area contributed by atoms with Crippen molar-refractivity contribution in [1.82, 2.24) is 20.3 Å². The summed E-state index contributed by atoms with van der Waals surface area (Å²) >= 11 is 0. The second-order valence-corrected chi connectivity index (χ2v) is 6.99. The molecule has 2 bridgehead atoms. The lowest BCUT2D eigenvalue weighted by Gasteiger charge is -2.34. The molecule has 2 fully saturated rings. The fourth-order valence-corrected chi connectivity index (χ4v) is 4.00. The van der Waals surface area contributed by atoms with Gasteiger partial charge in [-0.2, -0.15) is 0 Å². The van der Waals surface area contributed by atoms with Gasteiger partial charge in [0.05, 0.1) is 12.4 Å². The summed E-state index contributed by atoms with van der Waals surface area (Å²) in [5.41, 5.74) is 1.54. The van der Waals surface area contributed by atoms with E-state index in [1.807, 2.05) is 18.2 Å². The number of nitrogens with one attached hydrogen (secondary N) is 1. The molecule has 1 N–H and O–H groups in total. The molecule has 5 heteroatoms. The molecular weight excluding hydrogens is 312 g/mol. The zero-order valence-electron chi connectivity index (χ0n) is 14.0. The number of rotatable bonds is 2. The van der Waals surface area contributed by atoms with Gasteiger partial charge in [-0.05, 0) is 55.6 Å². The minimum Gasteiger partial charge on any atom is -0.345 e. The maximum atomic E-state index is 12.5. The van der Waals surface area contributed by atoms with Crippen LogP contribution in [0.1, 0.15) is 60.4 Å². The van der Waals surface area contributed by atoms with Crippen LogP contribution < -0.4 is 5.32 Å². The molecule has 5 nitrogen and oxygen atoms in total. The Hall–Kier alpha value is -2.74. The van der Waals surface area contributed by atoms with Gasteiger partial charge in [-0.3, -0.25) is 4.79 Å². The minimum atomic E-state index is -0.126. The molecule has 0 radical (unpaired) electrons. The van der Waals surface area contributed by atoms with Crippen molar-refractivity contribution in [1.29, 1.82) is 0 Å². The summed E-state index contributed by atoms with van der Waals surface area (Å²) in [4.78, 5) is 25.1. The van der Waals surface area contributed by atoms with Crippen LogP contribution in [0.5, 0.6) is 0 Å².